The van der Waals surface area contributed by atoms with Crippen molar-refractivity contribution >= 4 is 27.1 Å². The summed E-state index contributed by atoms with van der Waals surface area (Å²) >= 11 is 0. The molecular weight excluding hydrogens is 444 g/mol. The summed E-state index contributed by atoms with van der Waals surface area (Å²) in [6.07, 6.45) is 3.02. The molecule has 2 unspecified atom stereocenters. The van der Waals surface area contributed by atoms with Gasteiger partial charge in [-0.1, -0.05) is 12.1 Å². The van der Waals surface area contributed by atoms with Crippen LogP contribution < -0.4 is 14.6 Å². The number of methoxy groups -OCH3 is 1. The number of hydrogen-bond donors (Lipinski definition) is 4. The first-order valence-corrected chi connectivity index (χ1v) is 12.2. The second-order valence-electron chi connectivity index (χ2n) is 8.44. The molecule has 1 fully saturated rings. The minimum atomic E-state index is -3.83. The number of carboxylic acid groups (broad SMARTS) is 1. The monoisotopic (exact) mass is 472 g/mol. The van der Waals surface area contributed by atoms with Crippen LogP contribution in [0.25, 0.3) is 10.9 Å². The van der Waals surface area contributed by atoms with Crippen LogP contribution in [0.4, 0.5) is 0 Å². The summed E-state index contributed by atoms with van der Waals surface area (Å²) in [5, 5.41) is 15.6. The number of carboxylic acids is 1. The molecule has 1 saturated heterocycles. The molecule has 0 amide bonds. The third-order valence-corrected chi connectivity index (χ3v) is 6.94. The number of benzene rings is 2. The second kappa shape index (κ2) is 9.14. The molecule has 1 aromatic heterocycles. The minimum absolute atomic E-state index is 0.138. The Morgan fingerprint density at radius 2 is 2.03 bits per heavy atom. The van der Waals surface area contributed by atoms with E-state index in [1.165, 1.54) is 0 Å². The summed E-state index contributed by atoms with van der Waals surface area (Å²) in [6, 6.07) is 10.3. The Balaban J connectivity index is 1.70. The lowest BCUT2D eigenvalue weighted by molar-refractivity contribution is 0.0696. The van der Waals surface area contributed by atoms with Gasteiger partial charge in [0.25, 0.3) is 10.2 Å². The number of hydrogen-bond acceptors (Lipinski definition) is 5. The van der Waals surface area contributed by atoms with Gasteiger partial charge in [-0.3, -0.25) is 4.90 Å². The fourth-order valence-corrected chi connectivity index (χ4v) is 5.40. The van der Waals surface area contributed by atoms with Crippen molar-refractivity contribution in [3.05, 3.63) is 64.8 Å². The number of likely N-dealkylation sites (tertiary alicyclic amines) is 1. The highest BCUT2D eigenvalue weighted by molar-refractivity contribution is 7.87. The Morgan fingerprint density at radius 1 is 1.30 bits per heavy atom. The molecule has 10 heteroatoms. The van der Waals surface area contributed by atoms with Gasteiger partial charge >= 0.3 is 5.97 Å². The Morgan fingerprint density at radius 3 is 2.67 bits per heavy atom. The molecular formula is C23H28N4O5S. The molecule has 176 valence electrons. The van der Waals surface area contributed by atoms with E-state index in [0.29, 0.717) is 25.9 Å². The van der Waals surface area contributed by atoms with E-state index in [4.69, 9.17) is 9.88 Å². The number of aromatic nitrogens is 1. The van der Waals surface area contributed by atoms with Gasteiger partial charge in [0, 0.05) is 47.8 Å². The van der Waals surface area contributed by atoms with Crippen molar-refractivity contribution in [3.8, 4) is 5.75 Å². The van der Waals surface area contributed by atoms with Crippen LogP contribution in [0.15, 0.2) is 42.6 Å². The van der Waals surface area contributed by atoms with Crippen LogP contribution >= 0.6 is 0 Å². The van der Waals surface area contributed by atoms with Crippen LogP contribution in [0.1, 0.15) is 45.9 Å². The quantitative estimate of drug-likeness (QED) is 0.417. The number of nitrogens with two attached hydrogens (primary N) is 1. The van der Waals surface area contributed by atoms with Gasteiger partial charge in [-0.05, 0) is 55.2 Å². The fraction of sp³-hybridized carbons (Fsp3) is 0.348. The number of aromatic amines is 1. The lowest BCUT2D eigenvalue weighted by Crippen LogP contribution is -2.47. The Labute approximate surface area is 192 Å². The van der Waals surface area contributed by atoms with Crippen LogP contribution in [0.5, 0.6) is 5.75 Å². The van der Waals surface area contributed by atoms with Crippen molar-refractivity contribution in [3.63, 3.8) is 0 Å². The summed E-state index contributed by atoms with van der Waals surface area (Å²) in [5.74, 6) is -0.195. The average molecular weight is 473 g/mol. The molecule has 1 aliphatic heterocycles. The number of aromatic carboxylic acids is 1. The summed E-state index contributed by atoms with van der Waals surface area (Å²) in [5.41, 5.74) is 4.31. The molecule has 0 bridgehead atoms. The fourth-order valence-electron chi connectivity index (χ4n) is 4.72. The number of piperidine rings is 1. The van der Waals surface area contributed by atoms with E-state index in [1.54, 1.807) is 31.4 Å². The highest BCUT2D eigenvalue weighted by Gasteiger charge is 2.32. The molecule has 2 heterocycles. The van der Waals surface area contributed by atoms with Gasteiger partial charge in [0.2, 0.25) is 0 Å². The Hall–Kier alpha value is -2.92. The third kappa shape index (κ3) is 5.03. The summed E-state index contributed by atoms with van der Waals surface area (Å²) < 4.78 is 31.5. The largest absolute Gasteiger partial charge is 0.496 e. The van der Waals surface area contributed by atoms with Gasteiger partial charge in [0.1, 0.15) is 5.75 Å². The van der Waals surface area contributed by atoms with E-state index in [-0.39, 0.29) is 17.6 Å². The van der Waals surface area contributed by atoms with Gasteiger partial charge in [-0.25, -0.2) is 9.93 Å². The Bertz CT molecular complexity index is 1270. The number of nitrogens with one attached hydrogen (secondary N) is 2. The number of ether oxygens (including phenoxy) is 1. The van der Waals surface area contributed by atoms with Crippen LogP contribution in [-0.4, -0.2) is 49.1 Å². The van der Waals surface area contributed by atoms with E-state index < -0.39 is 16.2 Å². The maximum absolute atomic E-state index is 11.6. The van der Waals surface area contributed by atoms with Gasteiger partial charge in [-0.2, -0.15) is 13.1 Å². The van der Waals surface area contributed by atoms with Crippen molar-refractivity contribution in [2.24, 2.45) is 5.14 Å². The molecule has 2 atom stereocenters. The van der Waals surface area contributed by atoms with Crippen molar-refractivity contribution in [2.45, 2.75) is 38.4 Å². The lowest BCUT2D eigenvalue weighted by Gasteiger charge is -2.40. The topological polar surface area (TPSA) is 138 Å². The van der Waals surface area contributed by atoms with Crippen molar-refractivity contribution < 1.29 is 23.1 Å². The molecule has 0 saturated carbocycles. The van der Waals surface area contributed by atoms with Crippen LogP contribution in [0, 0.1) is 6.92 Å². The standard InChI is InChI=1S/C23H28N4O5S/c1-14-11-21(32-2)19(18-7-9-25-22(14)18)13-27-10-8-17(26-33(24,30)31)12-20(27)15-3-5-16(6-4-15)23(28)29/h3-7,9,11,17,20,25-26H,8,10,12-13H2,1-2H3,(H,28,29)(H2,24,30,31). The molecule has 5 N–H and O–H groups in total. The van der Waals surface area contributed by atoms with Crippen molar-refractivity contribution in [2.75, 3.05) is 13.7 Å². The second-order valence-corrected chi connectivity index (χ2v) is 9.76. The van der Waals surface area contributed by atoms with E-state index in [0.717, 1.165) is 33.3 Å². The van der Waals surface area contributed by atoms with Crippen molar-refractivity contribution in [1.29, 1.82) is 0 Å². The summed E-state index contributed by atoms with van der Waals surface area (Å²) in [6.45, 7) is 3.25. The van der Waals surface area contributed by atoms with E-state index in [2.05, 4.69) is 14.6 Å². The van der Waals surface area contributed by atoms with Gasteiger partial charge < -0.3 is 14.8 Å². The van der Waals surface area contributed by atoms with Gasteiger partial charge in [0.15, 0.2) is 0 Å². The third-order valence-electron chi connectivity index (χ3n) is 6.28. The van der Waals surface area contributed by atoms with Crippen molar-refractivity contribution in [1.82, 2.24) is 14.6 Å². The predicted molar refractivity (Wildman–Crippen MR) is 125 cm³/mol. The van der Waals surface area contributed by atoms with Crippen LogP contribution in [0.2, 0.25) is 0 Å². The molecule has 3 aromatic rings. The molecule has 1 aliphatic rings. The molecule has 33 heavy (non-hydrogen) atoms. The number of rotatable bonds is 7. The van der Waals surface area contributed by atoms with Gasteiger partial charge in [0.05, 0.1) is 12.7 Å². The number of fused-ring (bicyclic) bond motifs is 1. The average Bonchev–Trinajstić information content (AvgIpc) is 3.26. The number of carbonyl (C=O) groups is 1. The molecule has 0 spiro atoms. The van der Waals surface area contributed by atoms with Crippen LogP contribution in [-0.2, 0) is 16.8 Å². The zero-order valence-corrected chi connectivity index (χ0v) is 19.4. The zero-order valence-electron chi connectivity index (χ0n) is 18.5. The summed E-state index contributed by atoms with van der Waals surface area (Å²) in [4.78, 5) is 16.8. The number of H-pyrrole nitrogens is 1. The van der Waals surface area contributed by atoms with E-state index in [1.807, 2.05) is 25.3 Å². The molecule has 4 rings (SSSR count). The normalized spacial score (nSPS) is 19.6. The smallest absolute Gasteiger partial charge is 0.335 e. The van der Waals surface area contributed by atoms with Crippen LogP contribution in [0.3, 0.4) is 0 Å². The molecule has 9 nitrogen and oxygen atoms in total. The number of nitrogens with zero attached hydrogens (tertiary/aromatic N) is 1. The Kier molecular flexibility index (Phi) is 6.44. The first-order chi connectivity index (χ1) is 15.7. The first kappa shape index (κ1) is 23.2. The van der Waals surface area contributed by atoms with Gasteiger partial charge in [-0.15, -0.1) is 0 Å². The SMILES string of the molecule is COc1cc(C)c2[nH]ccc2c1CN1CCC(NS(N)(=O)=O)CC1c1ccc(C(=O)O)cc1. The molecule has 0 aliphatic carbocycles. The zero-order chi connectivity index (χ0) is 23.8. The van der Waals surface area contributed by atoms with E-state index >= 15 is 0 Å². The molecule has 2 aromatic carbocycles. The predicted octanol–water partition coefficient (Wildman–Crippen LogP) is 2.68. The lowest BCUT2D eigenvalue weighted by atomic mass is 9.91. The highest BCUT2D eigenvalue weighted by Crippen LogP contribution is 2.37. The maximum Gasteiger partial charge on any atom is 0.335 e. The maximum atomic E-state index is 11.6. The van der Waals surface area contributed by atoms with E-state index in [9.17, 15) is 18.3 Å². The number of aryl methyl sites for hydroxylation is 1. The summed E-state index contributed by atoms with van der Waals surface area (Å²) in [7, 11) is -2.18. The molecule has 0 radical (unpaired) electrons. The minimum Gasteiger partial charge on any atom is -0.496 e. The highest BCUT2D eigenvalue weighted by atomic mass is 32.2. The first-order valence-electron chi connectivity index (χ1n) is 10.7.